The molecule has 0 fully saturated rings. The maximum absolute atomic E-state index is 11.5. The van der Waals surface area contributed by atoms with E-state index in [2.05, 4.69) is 0 Å². The van der Waals surface area contributed by atoms with Crippen LogP contribution in [0.25, 0.3) is 11.1 Å². The highest BCUT2D eigenvalue weighted by molar-refractivity contribution is 7.17. The Morgan fingerprint density at radius 3 is 2.70 bits per heavy atom. The van der Waals surface area contributed by atoms with Gasteiger partial charge in [-0.05, 0) is 25.5 Å². The van der Waals surface area contributed by atoms with E-state index in [9.17, 15) is 9.90 Å². The normalized spacial score (nSPS) is 10.6. The van der Waals surface area contributed by atoms with Crippen LogP contribution in [0.5, 0.6) is 5.75 Å². The Morgan fingerprint density at radius 2 is 2.15 bits per heavy atom. The highest BCUT2D eigenvalue weighted by atomic mass is 32.1. The van der Waals surface area contributed by atoms with Crippen LogP contribution >= 0.6 is 11.3 Å². The van der Waals surface area contributed by atoms with Crippen molar-refractivity contribution < 1.29 is 14.6 Å². The summed E-state index contributed by atoms with van der Waals surface area (Å²) in [4.78, 5) is 12.5. The van der Waals surface area contributed by atoms with Gasteiger partial charge in [0.15, 0.2) is 0 Å². The third kappa shape index (κ3) is 2.36. The highest BCUT2D eigenvalue weighted by Crippen LogP contribution is 2.42. The van der Waals surface area contributed by atoms with Crippen molar-refractivity contribution in [3.05, 3.63) is 34.2 Å². The maximum Gasteiger partial charge on any atom is 0.339 e. The number of carboxylic acids is 1. The number of rotatable bonds is 4. The molecule has 0 radical (unpaired) electrons. The van der Waals surface area contributed by atoms with E-state index in [0.29, 0.717) is 16.3 Å². The molecule has 20 heavy (non-hydrogen) atoms. The van der Waals surface area contributed by atoms with Crippen LogP contribution in [0.2, 0.25) is 0 Å². The number of benzene rings is 1. The number of anilines is 1. The van der Waals surface area contributed by atoms with E-state index in [-0.39, 0.29) is 5.56 Å². The van der Waals surface area contributed by atoms with Crippen molar-refractivity contribution in [1.29, 1.82) is 0 Å². The molecule has 0 aliphatic rings. The molecule has 2 rings (SSSR count). The predicted molar refractivity (Wildman–Crippen MR) is 81.8 cm³/mol. The lowest BCUT2D eigenvalue weighted by atomic mass is 9.97. The quantitative estimate of drug-likeness (QED) is 0.903. The molecule has 1 heterocycles. The standard InChI is InChI=1S/C15H17NO3S/c1-4-11-12(13(15(17)18)14(16)20-11)9-7-8(2)5-6-10(9)19-3/h5-7H,4,16H2,1-3H3,(H,17,18). The van der Waals surface area contributed by atoms with E-state index in [1.807, 2.05) is 32.0 Å². The largest absolute Gasteiger partial charge is 0.496 e. The molecule has 0 saturated carbocycles. The number of nitrogens with two attached hydrogens (primary N) is 1. The van der Waals surface area contributed by atoms with Gasteiger partial charge in [0.1, 0.15) is 16.3 Å². The molecule has 1 aromatic heterocycles. The molecule has 0 spiro atoms. The zero-order valence-electron chi connectivity index (χ0n) is 11.7. The van der Waals surface area contributed by atoms with Crippen molar-refractivity contribution >= 4 is 22.3 Å². The van der Waals surface area contributed by atoms with Gasteiger partial charge in [-0.2, -0.15) is 0 Å². The Balaban J connectivity index is 2.80. The van der Waals surface area contributed by atoms with Crippen LogP contribution in [0, 0.1) is 6.92 Å². The van der Waals surface area contributed by atoms with Gasteiger partial charge in [-0.15, -0.1) is 11.3 Å². The maximum atomic E-state index is 11.5. The number of methoxy groups -OCH3 is 1. The second-order valence-corrected chi connectivity index (χ2v) is 5.64. The van der Waals surface area contributed by atoms with Crippen molar-refractivity contribution in [2.75, 3.05) is 12.8 Å². The van der Waals surface area contributed by atoms with Gasteiger partial charge in [0.25, 0.3) is 0 Å². The van der Waals surface area contributed by atoms with Crippen LogP contribution in [0.4, 0.5) is 5.00 Å². The third-order valence-corrected chi connectivity index (χ3v) is 4.33. The molecule has 3 N–H and O–H groups in total. The SMILES string of the molecule is CCc1sc(N)c(C(=O)O)c1-c1cc(C)ccc1OC. The van der Waals surface area contributed by atoms with Crippen molar-refractivity contribution in [2.45, 2.75) is 20.3 Å². The lowest BCUT2D eigenvalue weighted by Crippen LogP contribution is -2.02. The van der Waals surface area contributed by atoms with E-state index in [1.54, 1.807) is 7.11 Å². The van der Waals surface area contributed by atoms with Gasteiger partial charge in [-0.1, -0.05) is 18.6 Å². The monoisotopic (exact) mass is 291 g/mol. The molecule has 1 aromatic carbocycles. The van der Waals surface area contributed by atoms with Crippen LogP contribution in [-0.4, -0.2) is 18.2 Å². The van der Waals surface area contributed by atoms with Gasteiger partial charge in [-0.3, -0.25) is 0 Å². The smallest absolute Gasteiger partial charge is 0.339 e. The number of aryl methyl sites for hydroxylation is 2. The number of aromatic carboxylic acids is 1. The second kappa shape index (κ2) is 5.54. The van der Waals surface area contributed by atoms with Crippen molar-refractivity contribution in [1.82, 2.24) is 0 Å². The van der Waals surface area contributed by atoms with Crippen molar-refractivity contribution in [2.24, 2.45) is 0 Å². The molecule has 0 saturated heterocycles. The van der Waals surface area contributed by atoms with E-state index in [1.165, 1.54) is 11.3 Å². The molecule has 4 nitrogen and oxygen atoms in total. The molecule has 2 aromatic rings. The molecule has 0 unspecified atom stereocenters. The van der Waals surface area contributed by atoms with E-state index in [0.717, 1.165) is 22.4 Å². The highest BCUT2D eigenvalue weighted by Gasteiger charge is 2.24. The topological polar surface area (TPSA) is 72.6 Å². The number of thiophene rings is 1. The predicted octanol–water partition coefficient (Wildman–Crippen LogP) is 3.57. The van der Waals surface area contributed by atoms with Crippen LogP contribution in [0.3, 0.4) is 0 Å². The number of carbonyl (C=O) groups is 1. The molecule has 5 heteroatoms. The number of ether oxygens (including phenoxy) is 1. The first-order valence-electron chi connectivity index (χ1n) is 6.29. The zero-order chi connectivity index (χ0) is 14.9. The summed E-state index contributed by atoms with van der Waals surface area (Å²) in [5.41, 5.74) is 8.57. The fraction of sp³-hybridized carbons (Fsp3) is 0.267. The first-order valence-corrected chi connectivity index (χ1v) is 7.10. The summed E-state index contributed by atoms with van der Waals surface area (Å²) in [6.45, 7) is 3.95. The van der Waals surface area contributed by atoms with Gasteiger partial charge in [-0.25, -0.2) is 4.79 Å². The van der Waals surface area contributed by atoms with Gasteiger partial charge >= 0.3 is 5.97 Å². The minimum atomic E-state index is -1.00. The first kappa shape index (κ1) is 14.4. The molecular weight excluding hydrogens is 274 g/mol. The van der Waals surface area contributed by atoms with Crippen molar-refractivity contribution in [3.8, 4) is 16.9 Å². The molecule has 106 valence electrons. The number of carboxylic acid groups (broad SMARTS) is 1. The Hall–Kier alpha value is -2.01. The van der Waals surface area contributed by atoms with E-state index < -0.39 is 5.97 Å². The number of hydrogen-bond donors (Lipinski definition) is 2. The zero-order valence-corrected chi connectivity index (χ0v) is 12.5. The average Bonchev–Trinajstić information content (AvgIpc) is 2.75. The van der Waals surface area contributed by atoms with E-state index >= 15 is 0 Å². The van der Waals surface area contributed by atoms with Gasteiger partial charge < -0.3 is 15.6 Å². The van der Waals surface area contributed by atoms with Crippen LogP contribution < -0.4 is 10.5 Å². The summed E-state index contributed by atoms with van der Waals surface area (Å²) in [6, 6.07) is 5.72. The fourth-order valence-electron chi connectivity index (χ4n) is 2.26. The van der Waals surface area contributed by atoms with Crippen molar-refractivity contribution in [3.63, 3.8) is 0 Å². The first-order chi connectivity index (χ1) is 9.49. The lowest BCUT2D eigenvalue weighted by molar-refractivity contribution is 0.0699. The number of hydrogen-bond acceptors (Lipinski definition) is 4. The van der Waals surface area contributed by atoms with Crippen LogP contribution in [0.15, 0.2) is 18.2 Å². The molecule has 0 amide bonds. The average molecular weight is 291 g/mol. The fourth-order valence-corrected chi connectivity index (χ4v) is 3.28. The summed E-state index contributed by atoms with van der Waals surface area (Å²) in [6.07, 6.45) is 0.731. The minimum Gasteiger partial charge on any atom is -0.496 e. The van der Waals surface area contributed by atoms with Gasteiger partial charge in [0.2, 0.25) is 0 Å². The summed E-state index contributed by atoms with van der Waals surface area (Å²) in [5.74, 6) is -0.345. The minimum absolute atomic E-state index is 0.177. The Morgan fingerprint density at radius 1 is 1.45 bits per heavy atom. The van der Waals surface area contributed by atoms with Gasteiger partial charge in [0, 0.05) is 16.0 Å². The summed E-state index contributed by atoms with van der Waals surface area (Å²) in [7, 11) is 1.58. The molecule has 0 aliphatic heterocycles. The Kier molecular flexibility index (Phi) is 3.99. The third-order valence-electron chi connectivity index (χ3n) is 3.17. The summed E-state index contributed by atoms with van der Waals surface area (Å²) in [5, 5.41) is 9.78. The summed E-state index contributed by atoms with van der Waals surface area (Å²) < 4.78 is 5.37. The second-order valence-electron chi connectivity index (χ2n) is 4.50. The number of nitrogen functional groups attached to an aromatic ring is 1. The Labute approximate surface area is 121 Å². The molecular formula is C15H17NO3S. The molecule has 0 atom stereocenters. The van der Waals surface area contributed by atoms with Gasteiger partial charge in [0.05, 0.1) is 7.11 Å². The van der Waals surface area contributed by atoms with E-state index in [4.69, 9.17) is 10.5 Å². The lowest BCUT2D eigenvalue weighted by Gasteiger charge is -2.11. The molecule has 0 bridgehead atoms. The molecule has 0 aliphatic carbocycles. The van der Waals surface area contributed by atoms with Crippen LogP contribution in [0.1, 0.15) is 27.7 Å². The van der Waals surface area contributed by atoms with Crippen LogP contribution in [-0.2, 0) is 6.42 Å². The summed E-state index contributed by atoms with van der Waals surface area (Å²) >= 11 is 1.33. The Bertz CT molecular complexity index is 661.